The maximum Gasteiger partial charge on any atom is 0.332 e. The van der Waals surface area contributed by atoms with Crippen LogP contribution < -0.4 is 5.32 Å². The molecule has 18 heavy (non-hydrogen) atoms. The lowest BCUT2D eigenvalue weighted by Crippen LogP contribution is -2.17. The van der Waals surface area contributed by atoms with E-state index in [1.165, 1.54) is 0 Å². The number of benzene rings is 1. The second-order valence-electron chi connectivity index (χ2n) is 3.72. The molecule has 0 atom stereocenters. The number of hydrogen-bond acceptors (Lipinski definition) is 4. The van der Waals surface area contributed by atoms with E-state index in [9.17, 15) is 4.79 Å². The summed E-state index contributed by atoms with van der Waals surface area (Å²) in [5.74, 6) is -0.341. The Balaban J connectivity index is 2.24. The minimum atomic E-state index is -0.341. The van der Waals surface area contributed by atoms with Crippen LogP contribution in [0.3, 0.4) is 0 Å². The lowest BCUT2D eigenvalue weighted by atomic mass is 10.2. The van der Waals surface area contributed by atoms with Crippen LogP contribution in [0.15, 0.2) is 18.2 Å². The van der Waals surface area contributed by atoms with Crippen LogP contribution in [0.5, 0.6) is 0 Å². The van der Waals surface area contributed by atoms with Gasteiger partial charge in [-0.3, -0.25) is 0 Å². The number of ether oxygens (including phenoxy) is 2. The van der Waals surface area contributed by atoms with Crippen LogP contribution in [-0.4, -0.2) is 32.3 Å². The Hall–Kier alpha value is -1.26. The quantitative estimate of drug-likeness (QED) is 0.612. The van der Waals surface area contributed by atoms with E-state index in [-0.39, 0.29) is 12.6 Å². The number of esters is 1. The van der Waals surface area contributed by atoms with E-state index >= 15 is 0 Å². The highest BCUT2D eigenvalue weighted by molar-refractivity contribution is 6.33. The molecule has 100 valence electrons. The van der Waals surface area contributed by atoms with E-state index in [0.29, 0.717) is 24.8 Å². The highest BCUT2D eigenvalue weighted by Gasteiger charge is 2.03. The van der Waals surface area contributed by atoms with Crippen molar-refractivity contribution in [3.63, 3.8) is 0 Å². The van der Waals surface area contributed by atoms with Crippen molar-refractivity contribution in [1.82, 2.24) is 0 Å². The van der Waals surface area contributed by atoms with Crippen LogP contribution in [0.2, 0.25) is 5.02 Å². The zero-order valence-electron chi connectivity index (χ0n) is 10.7. The van der Waals surface area contributed by atoms with Gasteiger partial charge in [-0.25, -0.2) is 4.79 Å². The van der Waals surface area contributed by atoms with E-state index < -0.39 is 0 Å². The van der Waals surface area contributed by atoms with Gasteiger partial charge in [0.2, 0.25) is 0 Å². The summed E-state index contributed by atoms with van der Waals surface area (Å²) in [5.41, 5.74) is 1.98. The predicted molar refractivity (Wildman–Crippen MR) is 72.1 cm³/mol. The number of halogens is 1. The molecule has 1 aromatic carbocycles. The van der Waals surface area contributed by atoms with Crippen molar-refractivity contribution >= 4 is 23.3 Å². The normalized spacial score (nSPS) is 10.2. The van der Waals surface area contributed by atoms with E-state index in [0.717, 1.165) is 11.3 Å². The number of carbonyl (C=O) groups is 1. The van der Waals surface area contributed by atoms with Gasteiger partial charge < -0.3 is 14.8 Å². The van der Waals surface area contributed by atoms with Gasteiger partial charge in [-0.1, -0.05) is 23.7 Å². The summed E-state index contributed by atoms with van der Waals surface area (Å²) in [6.45, 7) is 5.11. The Morgan fingerprint density at radius 3 is 2.89 bits per heavy atom. The van der Waals surface area contributed by atoms with Crippen molar-refractivity contribution in [1.29, 1.82) is 0 Å². The van der Waals surface area contributed by atoms with Crippen LogP contribution in [0.1, 0.15) is 12.5 Å². The second-order valence-corrected chi connectivity index (χ2v) is 4.12. The molecule has 1 N–H and O–H groups in total. The van der Waals surface area contributed by atoms with Gasteiger partial charge in [-0.15, -0.1) is 0 Å². The third-order valence-corrected chi connectivity index (χ3v) is 2.61. The molecule has 0 aliphatic heterocycles. The fourth-order valence-corrected chi connectivity index (χ4v) is 1.75. The lowest BCUT2D eigenvalue weighted by Gasteiger charge is -2.11. The van der Waals surface area contributed by atoms with Crippen molar-refractivity contribution in [2.24, 2.45) is 0 Å². The molecule has 0 aliphatic rings. The maximum atomic E-state index is 11.0. The topological polar surface area (TPSA) is 47.6 Å². The molecular weight excluding hydrogens is 254 g/mol. The van der Waals surface area contributed by atoms with Gasteiger partial charge in [0.15, 0.2) is 0 Å². The van der Waals surface area contributed by atoms with Crippen LogP contribution >= 0.6 is 11.6 Å². The number of aryl methyl sites for hydroxylation is 1. The Kier molecular flexibility index (Phi) is 6.54. The monoisotopic (exact) mass is 271 g/mol. The average Bonchev–Trinajstić information content (AvgIpc) is 2.32. The third kappa shape index (κ3) is 4.94. The fraction of sp³-hybridized carbons (Fsp3) is 0.462. The van der Waals surface area contributed by atoms with Gasteiger partial charge in [0.1, 0.15) is 6.61 Å². The van der Waals surface area contributed by atoms with Gasteiger partial charge in [-0.2, -0.15) is 0 Å². The molecule has 1 aromatic rings. The number of carbonyl (C=O) groups excluding carboxylic acids is 1. The summed E-state index contributed by atoms with van der Waals surface area (Å²) < 4.78 is 9.91. The molecule has 0 saturated heterocycles. The minimum Gasteiger partial charge on any atom is -0.464 e. The van der Waals surface area contributed by atoms with Crippen LogP contribution in [0, 0.1) is 6.92 Å². The third-order valence-electron chi connectivity index (χ3n) is 2.30. The number of para-hydroxylation sites is 1. The largest absolute Gasteiger partial charge is 0.464 e. The molecule has 0 saturated carbocycles. The van der Waals surface area contributed by atoms with Crippen LogP contribution in [0.4, 0.5) is 5.69 Å². The second kappa shape index (κ2) is 7.95. The van der Waals surface area contributed by atoms with E-state index in [1.807, 2.05) is 25.1 Å². The summed E-state index contributed by atoms with van der Waals surface area (Å²) in [4.78, 5) is 11.0. The van der Waals surface area contributed by atoms with Gasteiger partial charge >= 0.3 is 5.97 Å². The zero-order chi connectivity index (χ0) is 13.4. The minimum absolute atomic E-state index is 0.0168. The van der Waals surface area contributed by atoms with Gasteiger partial charge in [0.25, 0.3) is 0 Å². The average molecular weight is 272 g/mol. The van der Waals surface area contributed by atoms with Crippen molar-refractivity contribution in [2.45, 2.75) is 13.8 Å². The molecule has 0 aromatic heterocycles. The molecule has 1 rings (SSSR count). The molecule has 0 radical (unpaired) electrons. The molecule has 0 aliphatic carbocycles. The summed E-state index contributed by atoms with van der Waals surface area (Å²) in [6.07, 6.45) is 0. The number of rotatable bonds is 7. The number of nitrogens with one attached hydrogen (secondary N) is 1. The lowest BCUT2D eigenvalue weighted by molar-refractivity contribution is -0.148. The molecule has 5 heteroatoms. The number of anilines is 1. The highest BCUT2D eigenvalue weighted by Crippen LogP contribution is 2.24. The Morgan fingerprint density at radius 1 is 1.44 bits per heavy atom. The maximum absolute atomic E-state index is 11.0. The van der Waals surface area contributed by atoms with Crippen molar-refractivity contribution in [3.8, 4) is 0 Å². The first-order chi connectivity index (χ1) is 8.65. The first-order valence-corrected chi connectivity index (χ1v) is 6.25. The molecule has 0 bridgehead atoms. The molecule has 0 spiro atoms. The molecule has 0 fully saturated rings. The summed E-state index contributed by atoms with van der Waals surface area (Å²) in [5, 5.41) is 3.86. The summed E-state index contributed by atoms with van der Waals surface area (Å²) in [7, 11) is 0. The van der Waals surface area contributed by atoms with Crippen molar-refractivity contribution in [2.75, 3.05) is 31.7 Å². The van der Waals surface area contributed by atoms with Crippen LogP contribution in [-0.2, 0) is 14.3 Å². The van der Waals surface area contributed by atoms with E-state index in [4.69, 9.17) is 21.1 Å². The Bertz CT molecular complexity index is 376. The van der Waals surface area contributed by atoms with E-state index in [1.54, 1.807) is 6.92 Å². The van der Waals surface area contributed by atoms with E-state index in [2.05, 4.69) is 5.32 Å². The standard InChI is InChI=1S/C13H18ClNO3/c1-3-18-12(16)9-17-8-7-15-13-10(2)5-4-6-11(13)14/h4-6,15H,3,7-9H2,1-2H3. The first-order valence-electron chi connectivity index (χ1n) is 5.87. The number of hydrogen-bond donors (Lipinski definition) is 1. The predicted octanol–water partition coefficient (Wildman–Crippen LogP) is 2.64. The smallest absolute Gasteiger partial charge is 0.332 e. The van der Waals surface area contributed by atoms with Gasteiger partial charge in [-0.05, 0) is 25.5 Å². The van der Waals surface area contributed by atoms with Crippen molar-refractivity contribution < 1.29 is 14.3 Å². The fourth-order valence-electron chi connectivity index (χ4n) is 1.46. The Morgan fingerprint density at radius 2 is 2.22 bits per heavy atom. The molecule has 4 nitrogen and oxygen atoms in total. The summed E-state index contributed by atoms with van der Waals surface area (Å²) in [6, 6.07) is 5.71. The summed E-state index contributed by atoms with van der Waals surface area (Å²) >= 11 is 6.06. The van der Waals surface area contributed by atoms with Gasteiger partial charge in [0, 0.05) is 6.54 Å². The van der Waals surface area contributed by atoms with Crippen molar-refractivity contribution in [3.05, 3.63) is 28.8 Å². The Labute approximate surface area is 112 Å². The molecular formula is C13H18ClNO3. The SMILES string of the molecule is CCOC(=O)COCCNc1c(C)cccc1Cl. The molecule has 0 amide bonds. The molecule has 0 unspecified atom stereocenters. The first kappa shape index (κ1) is 14.8. The zero-order valence-corrected chi connectivity index (χ0v) is 11.4. The van der Waals surface area contributed by atoms with Crippen LogP contribution in [0.25, 0.3) is 0 Å². The molecule has 0 heterocycles. The van der Waals surface area contributed by atoms with Gasteiger partial charge in [0.05, 0.1) is 23.9 Å². The highest BCUT2D eigenvalue weighted by atomic mass is 35.5.